The molecule has 44 heavy (non-hydrogen) atoms. The van der Waals surface area contributed by atoms with E-state index in [0.29, 0.717) is 40.0 Å². The van der Waals surface area contributed by atoms with Crippen LogP contribution in [0, 0.1) is 17.8 Å². The van der Waals surface area contributed by atoms with Gasteiger partial charge >= 0.3 is 0 Å². The quantitative estimate of drug-likeness (QED) is 0.454. The third-order valence-corrected chi connectivity index (χ3v) is 11.0. The highest BCUT2D eigenvalue weighted by Crippen LogP contribution is 2.32. The highest BCUT2D eigenvalue weighted by atomic mass is 32.2. The van der Waals surface area contributed by atoms with Crippen molar-refractivity contribution in [1.29, 1.82) is 0 Å². The summed E-state index contributed by atoms with van der Waals surface area (Å²) in [5.74, 6) is -0.709. The maximum absolute atomic E-state index is 11.8. The van der Waals surface area contributed by atoms with Crippen LogP contribution in [0.25, 0.3) is 11.0 Å². The van der Waals surface area contributed by atoms with E-state index in [9.17, 15) is 39.6 Å². The summed E-state index contributed by atoms with van der Waals surface area (Å²) in [6.45, 7) is 5.24. The number of Topliss-reactive ketones (excluding diaryl/α,β-unsaturated/α-hetero) is 3. The zero-order valence-corrected chi connectivity index (χ0v) is 27.8. The molecule has 3 unspecified atom stereocenters. The van der Waals surface area contributed by atoms with Gasteiger partial charge in [0, 0.05) is 70.1 Å². The molecular formula is C32H36O9S3. The Morgan fingerprint density at radius 2 is 1.16 bits per heavy atom. The normalized spacial score (nSPS) is 21.4. The molecule has 0 aliphatic heterocycles. The van der Waals surface area contributed by atoms with Gasteiger partial charge in [0.2, 0.25) is 0 Å². The minimum Gasteiger partial charge on any atom is -0.299 e. The van der Waals surface area contributed by atoms with Gasteiger partial charge in [0.15, 0.2) is 41.1 Å². The van der Waals surface area contributed by atoms with Crippen LogP contribution in [-0.4, -0.2) is 61.4 Å². The average Bonchev–Trinajstić information content (AvgIpc) is 2.93. The number of allylic oxidation sites excluding steroid dienone is 4. The molecule has 0 saturated carbocycles. The fourth-order valence-electron chi connectivity index (χ4n) is 4.94. The van der Waals surface area contributed by atoms with Gasteiger partial charge in [-0.1, -0.05) is 81.5 Å². The molecule has 3 aliphatic rings. The summed E-state index contributed by atoms with van der Waals surface area (Å²) in [5.41, 5.74) is 2.04. The first kappa shape index (κ1) is 35.0. The van der Waals surface area contributed by atoms with Gasteiger partial charge < -0.3 is 0 Å². The molecule has 0 N–H and O–H groups in total. The summed E-state index contributed by atoms with van der Waals surface area (Å²) in [6, 6.07) is 11.6. The third kappa shape index (κ3) is 8.16. The van der Waals surface area contributed by atoms with Gasteiger partial charge in [0.1, 0.15) is 5.78 Å². The lowest BCUT2D eigenvalue weighted by Crippen LogP contribution is -2.19. The standard InChI is InChI=1S/2C12H12O3S.C8H12O3S/c1-8-6-7-9-10(12(8)13)4-3-5-11(9)16(2,14)15;1-8-7-11(16(2,14)15)9-5-3-4-6-10(9)12(8)13;1-6-5-7(12(2,10)11)3-4-8(6)9/h2*3-8H,1-2H3;5-6H,3-4H2,1-2H3. The zero-order valence-electron chi connectivity index (χ0n) is 25.4. The average molecular weight is 661 g/mol. The number of sulfone groups is 3. The first-order valence-electron chi connectivity index (χ1n) is 13.8. The number of fused-ring (bicyclic) bond motifs is 2. The fraction of sp³-hybridized carbons (Fsp3) is 0.344. The van der Waals surface area contributed by atoms with Crippen molar-refractivity contribution in [2.45, 2.75) is 38.5 Å². The van der Waals surface area contributed by atoms with Gasteiger partial charge in [-0.3, -0.25) is 14.4 Å². The van der Waals surface area contributed by atoms with Crippen LogP contribution >= 0.6 is 0 Å². The molecule has 3 atom stereocenters. The summed E-state index contributed by atoms with van der Waals surface area (Å²) in [4.78, 5) is 35.6. The number of hydrogen-bond donors (Lipinski definition) is 0. The Labute approximate surface area is 259 Å². The highest BCUT2D eigenvalue weighted by Gasteiger charge is 2.29. The minimum absolute atomic E-state index is 0.0250. The van der Waals surface area contributed by atoms with Crippen LogP contribution < -0.4 is 0 Å². The Morgan fingerprint density at radius 3 is 1.70 bits per heavy atom. The molecule has 2 aromatic rings. The van der Waals surface area contributed by atoms with E-state index in [2.05, 4.69) is 0 Å². The van der Waals surface area contributed by atoms with Crippen LogP contribution in [0.4, 0.5) is 0 Å². The summed E-state index contributed by atoms with van der Waals surface area (Å²) in [7, 11) is -9.65. The van der Waals surface area contributed by atoms with E-state index in [-0.39, 0.29) is 44.9 Å². The summed E-state index contributed by atoms with van der Waals surface area (Å²) in [5, 5.41) is 0. The molecule has 0 fully saturated rings. The van der Waals surface area contributed by atoms with Crippen LogP contribution in [0.15, 0.2) is 70.5 Å². The Bertz CT molecular complexity index is 1930. The van der Waals surface area contributed by atoms with E-state index >= 15 is 0 Å². The van der Waals surface area contributed by atoms with E-state index in [1.165, 1.54) is 18.4 Å². The van der Waals surface area contributed by atoms with Crippen molar-refractivity contribution in [3.63, 3.8) is 0 Å². The topological polar surface area (TPSA) is 154 Å². The van der Waals surface area contributed by atoms with Gasteiger partial charge in [-0.25, -0.2) is 25.3 Å². The molecule has 5 rings (SSSR count). The Kier molecular flexibility index (Phi) is 10.5. The molecule has 0 saturated heterocycles. The van der Waals surface area contributed by atoms with E-state index < -0.39 is 29.5 Å². The van der Waals surface area contributed by atoms with Crippen LogP contribution in [0.5, 0.6) is 0 Å². The lowest BCUT2D eigenvalue weighted by molar-refractivity contribution is -0.121. The molecule has 0 amide bonds. The van der Waals surface area contributed by atoms with Crippen molar-refractivity contribution in [3.8, 4) is 0 Å². The second kappa shape index (κ2) is 13.3. The zero-order chi connectivity index (χ0) is 33.2. The Balaban J connectivity index is 0.000000183. The maximum atomic E-state index is 11.8. The second-order valence-corrected chi connectivity index (χ2v) is 17.2. The Hall–Kier alpha value is -3.48. The summed E-state index contributed by atoms with van der Waals surface area (Å²) < 4.78 is 68.5. The highest BCUT2D eigenvalue weighted by molar-refractivity contribution is 8.00. The van der Waals surface area contributed by atoms with Crippen LogP contribution in [0.3, 0.4) is 0 Å². The molecule has 2 aromatic carbocycles. The molecule has 0 radical (unpaired) electrons. The molecule has 236 valence electrons. The van der Waals surface area contributed by atoms with E-state index in [1.54, 1.807) is 75.4 Å². The van der Waals surface area contributed by atoms with Crippen LogP contribution in [0.1, 0.15) is 65.5 Å². The molecule has 0 bridgehead atoms. The largest absolute Gasteiger partial charge is 0.299 e. The molecular weight excluding hydrogens is 625 g/mol. The first-order valence-corrected chi connectivity index (χ1v) is 19.4. The lowest BCUT2D eigenvalue weighted by Gasteiger charge is -2.19. The van der Waals surface area contributed by atoms with Crippen molar-refractivity contribution in [2.24, 2.45) is 17.8 Å². The number of hydrogen-bond acceptors (Lipinski definition) is 9. The van der Waals surface area contributed by atoms with E-state index in [1.807, 2.05) is 0 Å². The number of rotatable bonds is 3. The minimum atomic E-state index is -3.29. The predicted molar refractivity (Wildman–Crippen MR) is 171 cm³/mol. The smallest absolute Gasteiger partial charge is 0.176 e. The summed E-state index contributed by atoms with van der Waals surface area (Å²) in [6.07, 6.45) is 10.8. The number of benzene rings is 2. The molecule has 3 aliphatic carbocycles. The summed E-state index contributed by atoms with van der Waals surface area (Å²) >= 11 is 0. The molecule has 0 aromatic heterocycles. The Morgan fingerprint density at radius 1 is 0.591 bits per heavy atom. The van der Waals surface area contributed by atoms with E-state index in [4.69, 9.17) is 0 Å². The van der Waals surface area contributed by atoms with Crippen molar-refractivity contribution >= 4 is 57.8 Å². The van der Waals surface area contributed by atoms with Gasteiger partial charge in [-0.2, -0.15) is 0 Å². The number of carbonyl (C=O) groups is 3. The molecule has 9 nitrogen and oxygen atoms in total. The van der Waals surface area contributed by atoms with Crippen molar-refractivity contribution in [3.05, 3.63) is 87.9 Å². The number of ketones is 3. The van der Waals surface area contributed by atoms with Gasteiger partial charge in [0.05, 0.1) is 9.80 Å². The van der Waals surface area contributed by atoms with Gasteiger partial charge in [0.25, 0.3) is 0 Å². The van der Waals surface area contributed by atoms with Gasteiger partial charge in [-0.15, -0.1) is 0 Å². The predicted octanol–water partition coefficient (Wildman–Crippen LogP) is 4.75. The maximum Gasteiger partial charge on any atom is 0.176 e. The number of carbonyl (C=O) groups excluding carboxylic acids is 3. The van der Waals surface area contributed by atoms with Crippen LogP contribution in [-0.2, 0) is 34.3 Å². The van der Waals surface area contributed by atoms with Crippen LogP contribution in [0.2, 0.25) is 0 Å². The fourth-order valence-corrected chi connectivity index (χ4v) is 7.80. The third-order valence-electron chi connectivity index (χ3n) is 7.41. The second-order valence-electron chi connectivity index (χ2n) is 11.2. The first-order chi connectivity index (χ1) is 20.2. The SMILES string of the molecule is CC1C=C(S(C)(=O)=O)CCC1=O.CC1C=C(S(C)(=O)=O)c2ccccc2C1=O.CC1C=Cc2c(cccc2S(C)(=O)=O)C1=O. The van der Waals surface area contributed by atoms with E-state index in [0.717, 1.165) is 12.5 Å². The molecule has 0 heterocycles. The monoisotopic (exact) mass is 660 g/mol. The molecule has 12 heteroatoms. The van der Waals surface area contributed by atoms with Crippen molar-refractivity contribution < 1.29 is 39.6 Å². The van der Waals surface area contributed by atoms with Gasteiger partial charge in [-0.05, 0) is 12.5 Å². The van der Waals surface area contributed by atoms with Crippen molar-refractivity contribution in [1.82, 2.24) is 0 Å². The molecule has 0 spiro atoms. The van der Waals surface area contributed by atoms with Crippen molar-refractivity contribution in [2.75, 3.05) is 18.8 Å². The lowest BCUT2D eigenvalue weighted by atomic mass is 9.89.